The third-order valence-electron chi connectivity index (χ3n) is 9.02. The quantitative estimate of drug-likeness (QED) is 0.373. The number of carbonyl (C=O) groups is 3. The number of halogens is 5. The molecule has 5 rings (SSSR count). The molecule has 3 atom stereocenters. The second-order valence-corrected chi connectivity index (χ2v) is 12.3. The number of aromatic nitrogens is 3. The van der Waals surface area contributed by atoms with Gasteiger partial charge in [0, 0.05) is 18.4 Å². The first kappa shape index (κ1) is 28.9. The zero-order valence-corrected chi connectivity index (χ0v) is 23.3. The summed E-state index contributed by atoms with van der Waals surface area (Å²) >= 11 is 12.3. The van der Waals surface area contributed by atoms with Gasteiger partial charge >= 0.3 is 12.1 Å². The van der Waals surface area contributed by atoms with E-state index in [-0.39, 0.29) is 47.2 Å². The molecule has 1 amide bonds. The fourth-order valence-corrected chi connectivity index (χ4v) is 7.35. The standard InChI is InChI=1S/C27H29Cl2F3N4O4/c1-26(25(39)40)6-4-16(5-7-26)36-23(27(30,31)32)17(10-34-36)24(38)35(20-9-14-2-3-15(20)8-14)13-21(37)22-18(28)11-33-12-19(22)29/h10-12,14-16,20H,2-9,13H2,1H3,(H,39,40)/t14-,15+,16-,20+,26-/m1/s1. The van der Waals surface area contributed by atoms with Crippen molar-refractivity contribution in [2.24, 2.45) is 17.3 Å². The second-order valence-electron chi connectivity index (χ2n) is 11.5. The summed E-state index contributed by atoms with van der Waals surface area (Å²) in [7, 11) is 0. The third-order valence-corrected chi connectivity index (χ3v) is 9.60. The largest absolute Gasteiger partial charge is 0.481 e. The number of aliphatic carboxylic acids is 1. The van der Waals surface area contributed by atoms with Gasteiger partial charge in [0.25, 0.3) is 5.91 Å². The van der Waals surface area contributed by atoms with Crippen molar-refractivity contribution in [2.45, 2.75) is 76.6 Å². The van der Waals surface area contributed by atoms with Crippen LogP contribution in [0.1, 0.15) is 90.7 Å². The summed E-state index contributed by atoms with van der Waals surface area (Å²) in [5.74, 6) is -2.06. The van der Waals surface area contributed by atoms with Gasteiger partial charge in [-0.2, -0.15) is 18.3 Å². The van der Waals surface area contributed by atoms with Crippen LogP contribution in [0.4, 0.5) is 13.2 Å². The van der Waals surface area contributed by atoms with E-state index >= 15 is 0 Å². The van der Waals surface area contributed by atoms with Gasteiger partial charge < -0.3 is 10.0 Å². The van der Waals surface area contributed by atoms with Gasteiger partial charge in [-0.1, -0.05) is 29.6 Å². The van der Waals surface area contributed by atoms with Crippen LogP contribution in [0.15, 0.2) is 18.6 Å². The molecule has 0 saturated heterocycles. The van der Waals surface area contributed by atoms with Crippen LogP contribution in [0.3, 0.4) is 0 Å². The first-order chi connectivity index (χ1) is 18.8. The van der Waals surface area contributed by atoms with Crippen molar-refractivity contribution in [3.63, 3.8) is 0 Å². The maximum Gasteiger partial charge on any atom is 0.433 e. The predicted molar refractivity (Wildman–Crippen MR) is 139 cm³/mol. The molecule has 0 unspecified atom stereocenters. The lowest BCUT2D eigenvalue weighted by Gasteiger charge is -2.35. The first-order valence-electron chi connectivity index (χ1n) is 13.3. The van der Waals surface area contributed by atoms with Gasteiger partial charge in [-0.15, -0.1) is 0 Å². The topological polar surface area (TPSA) is 105 Å². The van der Waals surface area contributed by atoms with Crippen LogP contribution >= 0.6 is 23.2 Å². The maximum absolute atomic E-state index is 14.5. The number of carboxylic acid groups (broad SMARTS) is 1. The lowest BCUT2D eigenvalue weighted by molar-refractivity contribution is -0.152. The molecule has 0 aliphatic heterocycles. The van der Waals surface area contributed by atoms with Crippen molar-refractivity contribution >= 4 is 40.9 Å². The Morgan fingerprint density at radius 2 is 1.73 bits per heavy atom. The van der Waals surface area contributed by atoms with Crippen molar-refractivity contribution in [1.82, 2.24) is 19.7 Å². The monoisotopic (exact) mass is 600 g/mol. The molecular formula is C27H29Cl2F3N4O4. The maximum atomic E-state index is 14.5. The highest BCUT2D eigenvalue weighted by Crippen LogP contribution is 2.48. The fraction of sp³-hybridized carbons (Fsp3) is 0.593. The molecule has 0 aromatic carbocycles. The van der Waals surface area contributed by atoms with E-state index in [1.54, 1.807) is 6.92 Å². The molecule has 0 radical (unpaired) electrons. The SMILES string of the molecule is C[C@]1(C(=O)O)CC[C@H](n2ncc(C(=O)N(CC(=O)c3c(Cl)cncc3Cl)[C@H]3C[C@@H]4CC[C@H]3C4)c2C(F)(F)F)CC1. The highest BCUT2D eigenvalue weighted by atomic mass is 35.5. The summed E-state index contributed by atoms with van der Waals surface area (Å²) in [4.78, 5) is 44.0. The van der Waals surface area contributed by atoms with E-state index < -0.39 is 59.1 Å². The number of nitrogens with zero attached hydrogens (tertiary/aromatic N) is 4. The zero-order chi connectivity index (χ0) is 29.0. The number of carboxylic acids is 1. The van der Waals surface area contributed by atoms with Crippen molar-refractivity contribution in [2.75, 3.05) is 6.54 Å². The Morgan fingerprint density at radius 3 is 2.25 bits per heavy atom. The first-order valence-corrected chi connectivity index (χ1v) is 14.1. The number of pyridine rings is 1. The van der Waals surface area contributed by atoms with Crippen LogP contribution in [0, 0.1) is 17.3 Å². The average molecular weight is 601 g/mol. The molecule has 2 aromatic rings. The number of hydrogen-bond donors (Lipinski definition) is 1. The molecule has 1 N–H and O–H groups in total. The van der Waals surface area contributed by atoms with Crippen molar-refractivity contribution < 1.29 is 32.7 Å². The van der Waals surface area contributed by atoms with E-state index in [9.17, 15) is 32.7 Å². The molecular weight excluding hydrogens is 572 g/mol. The molecule has 3 aliphatic rings. The van der Waals surface area contributed by atoms with Gasteiger partial charge in [0.1, 0.15) is 0 Å². The average Bonchev–Trinajstić information content (AvgIpc) is 3.63. The van der Waals surface area contributed by atoms with E-state index in [2.05, 4.69) is 10.1 Å². The number of hydrogen-bond acceptors (Lipinski definition) is 5. The van der Waals surface area contributed by atoms with E-state index in [1.807, 2.05) is 0 Å². The minimum Gasteiger partial charge on any atom is -0.481 e. The minimum atomic E-state index is -4.91. The van der Waals surface area contributed by atoms with Crippen LogP contribution in [0.25, 0.3) is 0 Å². The van der Waals surface area contributed by atoms with Gasteiger partial charge in [0.15, 0.2) is 11.5 Å². The summed E-state index contributed by atoms with van der Waals surface area (Å²) in [5, 5.41) is 13.5. The van der Waals surface area contributed by atoms with Crippen molar-refractivity contribution in [3.8, 4) is 0 Å². The van der Waals surface area contributed by atoms with Crippen LogP contribution < -0.4 is 0 Å². The highest BCUT2D eigenvalue weighted by molar-refractivity contribution is 6.39. The molecule has 2 heterocycles. The molecule has 3 saturated carbocycles. The number of alkyl halides is 3. The number of Topliss-reactive ketones (excluding diaryl/α,β-unsaturated/α-hetero) is 1. The Hall–Kier alpha value is -2.66. The van der Waals surface area contributed by atoms with Gasteiger partial charge in [-0.25, -0.2) is 0 Å². The molecule has 13 heteroatoms. The summed E-state index contributed by atoms with van der Waals surface area (Å²) in [6.45, 7) is 1.10. The van der Waals surface area contributed by atoms with Gasteiger partial charge in [-0.05, 0) is 63.7 Å². The van der Waals surface area contributed by atoms with Crippen LogP contribution in [-0.2, 0) is 11.0 Å². The smallest absolute Gasteiger partial charge is 0.433 e. The number of amides is 1. The van der Waals surface area contributed by atoms with Gasteiger partial charge in [0.2, 0.25) is 0 Å². The fourth-order valence-electron chi connectivity index (χ4n) is 6.78. The van der Waals surface area contributed by atoms with E-state index in [1.165, 1.54) is 17.3 Å². The summed E-state index contributed by atoms with van der Waals surface area (Å²) in [5.41, 5.74) is -2.85. The highest BCUT2D eigenvalue weighted by Gasteiger charge is 2.48. The van der Waals surface area contributed by atoms with Gasteiger partial charge in [-0.3, -0.25) is 24.0 Å². The minimum absolute atomic E-state index is 0.00713. The molecule has 216 valence electrons. The van der Waals surface area contributed by atoms with E-state index in [4.69, 9.17) is 23.2 Å². The Morgan fingerprint density at radius 1 is 1.07 bits per heavy atom. The normalized spacial score (nSPS) is 28.1. The predicted octanol–water partition coefficient (Wildman–Crippen LogP) is 6.32. The van der Waals surface area contributed by atoms with Crippen molar-refractivity contribution in [3.05, 3.63) is 45.5 Å². The summed E-state index contributed by atoms with van der Waals surface area (Å²) < 4.78 is 44.4. The number of ketones is 1. The van der Waals surface area contributed by atoms with Gasteiger partial charge in [0.05, 0.1) is 45.4 Å². The van der Waals surface area contributed by atoms with E-state index in [0.717, 1.165) is 30.1 Å². The zero-order valence-electron chi connectivity index (χ0n) is 21.8. The Kier molecular flexibility index (Phi) is 7.67. The van der Waals surface area contributed by atoms with Crippen LogP contribution in [0.2, 0.25) is 10.0 Å². The molecule has 3 fully saturated rings. The number of carbonyl (C=O) groups excluding carboxylic acids is 2. The van der Waals surface area contributed by atoms with E-state index in [0.29, 0.717) is 12.3 Å². The summed E-state index contributed by atoms with van der Waals surface area (Å²) in [6, 6.07) is -1.11. The second kappa shape index (κ2) is 10.6. The number of rotatable bonds is 7. The summed E-state index contributed by atoms with van der Waals surface area (Å²) in [6.07, 6.45) is 2.52. The number of fused-ring (bicyclic) bond motifs is 2. The molecule has 2 aromatic heterocycles. The lowest BCUT2D eigenvalue weighted by atomic mass is 9.74. The Bertz CT molecular complexity index is 1320. The Labute approximate surface area is 238 Å². The van der Waals surface area contributed by atoms with Crippen LogP contribution in [-0.4, -0.2) is 55.0 Å². The molecule has 40 heavy (non-hydrogen) atoms. The van der Waals surface area contributed by atoms with Crippen LogP contribution in [0.5, 0.6) is 0 Å². The molecule has 2 bridgehead atoms. The molecule has 0 spiro atoms. The Balaban J connectivity index is 1.49. The lowest BCUT2D eigenvalue weighted by Crippen LogP contribution is -2.46. The third kappa shape index (κ3) is 5.22. The molecule has 8 nitrogen and oxygen atoms in total. The van der Waals surface area contributed by atoms with Crippen molar-refractivity contribution in [1.29, 1.82) is 0 Å². The molecule has 3 aliphatic carbocycles.